The zero-order chi connectivity index (χ0) is 25.5. The van der Waals surface area contributed by atoms with E-state index >= 15 is 0 Å². The molecule has 3 heterocycles. The number of nitrogens with zero attached hydrogens (tertiary/aromatic N) is 3. The van der Waals surface area contributed by atoms with Gasteiger partial charge in [-0.1, -0.05) is 17.8 Å². The number of hydrogen-bond acceptors (Lipinski definition) is 8. The van der Waals surface area contributed by atoms with Crippen LogP contribution >= 0.6 is 23.5 Å². The maximum absolute atomic E-state index is 14.0. The monoisotopic (exact) mass is 521 g/mol. The summed E-state index contributed by atoms with van der Waals surface area (Å²) in [6.07, 6.45) is 2.57. The van der Waals surface area contributed by atoms with Crippen molar-refractivity contribution in [2.75, 3.05) is 30.1 Å². The van der Waals surface area contributed by atoms with Gasteiger partial charge in [-0.3, -0.25) is 30.1 Å². The number of pyridine rings is 1. The summed E-state index contributed by atoms with van der Waals surface area (Å²) in [6, 6.07) is 3.03. The van der Waals surface area contributed by atoms with Crippen molar-refractivity contribution in [3.05, 3.63) is 63.1 Å². The van der Waals surface area contributed by atoms with Gasteiger partial charge < -0.3 is 10.0 Å². The summed E-state index contributed by atoms with van der Waals surface area (Å²) in [5.74, 6) is -1.02. The summed E-state index contributed by atoms with van der Waals surface area (Å²) >= 11 is 2.43. The van der Waals surface area contributed by atoms with Crippen molar-refractivity contribution in [2.45, 2.75) is 31.8 Å². The van der Waals surface area contributed by atoms with Crippen LogP contribution in [0, 0.1) is 22.5 Å². The van der Waals surface area contributed by atoms with Crippen LogP contribution < -0.4 is 10.4 Å². The number of aromatic nitrogens is 1. The van der Waals surface area contributed by atoms with Gasteiger partial charge in [-0.2, -0.15) is 11.8 Å². The van der Waals surface area contributed by atoms with E-state index in [4.69, 9.17) is 10.8 Å². The molecule has 1 saturated heterocycles. The van der Waals surface area contributed by atoms with Crippen molar-refractivity contribution in [1.29, 1.82) is 10.8 Å². The number of carbonyl (C=O) groups is 1. The zero-order valence-corrected chi connectivity index (χ0v) is 20.9. The van der Waals surface area contributed by atoms with Crippen LogP contribution in [0.2, 0.25) is 0 Å². The smallest absolute Gasteiger partial charge is 0.278 e. The van der Waals surface area contributed by atoms with E-state index in [0.29, 0.717) is 31.1 Å². The van der Waals surface area contributed by atoms with E-state index in [1.165, 1.54) is 16.9 Å². The Morgan fingerprint density at radius 1 is 1.23 bits per heavy atom. The van der Waals surface area contributed by atoms with Gasteiger partial charge in [-0.15, -0.1) is 0 Å². The molecule has 0 bridgehead atoms. The van der Waals surface area contributed by atoms with Gasteiger partial charge in [0, 0.05) is 32.3 Å². The Morgan fingerprint density at radius 2 is 1.91 bits per heavy atom. The van der Waals surface area contributed by atoms with Crippen LogP contribution in [0.5, 0.6) is 5.75 Å². The van der Waals surface area contributed by atoms with Gasteiger partial charge in [-0.25, -0.2) is 8.78 Å². The third-order valence-corrected chi connectivity index (χ3v) is 8.29. The topological polar surface area (TPSA) is 113 Å². The summed E-state index contributed by atoms with van der Waals surface area (Å²) in [5, 5.41) is 28.7. The molecule has 0 saturated carbocycles. The Labute approximate surface area is 209 Å². The summed E-state index contributed by atoms with van der Waals surface area (Å²) in [7, 11) is 1.79. The molecule has 186 valence electrons. The predicted octanol–water partition coefficient (Wildman–Crippen LogP) is 3.38. The second kappa shape index (κ2) is 9.65. The maximum Gasteiger partial charge on any atom is 0.278 e. The predicted molar refractivity (Wildman–Crippen MR) is 135 cm³/mol. The number of hydrogen-bond donors (Lipinski definition) is 3. The average molecular weight is 522 g/mol. The lowest BCUT2D eigenvalue weighted by atomic mass is 9.97. The van der Waals surface area contributed by atoms with Crippen LogP contribution in [-0.2, 0) is 6.42 Å². The Bertz CT molecular complexity index is 1280. The third-order valence-electron chi connectivity index (χ3n) is 6.49. The van der Waals surface area contributed by atoms with E-state index in [1.54, 1.807) is 23.7 Å². The zero-order valence-electron chi connectivity index (χ0n) is 19.2. The van der Waals surface area contributed by atoms with Gasteiger partial charge in [0.1, 0.15) is 22.3 Å². The number of aromatic hydroxyl groups is 1. The first-order valence-corrected chi connectivity index (χ1v) is 13.0. The minimum absolute atomic E-state index is 0.0869. The molecule has 0 unspecified atom stereocenters. The molecule has 1 aromatic heterocycles. The number of thioether (sulfide) groups is 2. The van der Waals surface area contributed by atoms with E-state index in [2.05, 4.69) is 0 Å². The number of carbonyl (C=O) groups excluding carboxylic acids is 1. The third kappa shape index (κ3) is 4.33. The molecule has 12 heteroatoms. The molecule has 2 aromatic rings. The molecule has 2 aliphatic rings. The van der Waals surface area contributed by atoms with Crippen LogP contribution in [0.3, 0.4) is 0 Å². The van der Waals surface area contributed by atoms with Crippen LogP contribution in [0.1, 0.15) is 41.4 Å². The number of fused-ring (bicyclic) bond motifs is 1. The lowest BCUT2D eigenvalue weighted by molar-refractivity contribution is 0.0266. The molecule has 35 heavy (non-hydrogen) atoms. The Morgan fingerprint density at radius 3 is 2.54 bits per heavy atom. The maximum atomic E-state index is 14.0. The second-order valence-electron chi connectivity index (χ2n) is 8.35. The van der Waals surface area contributed by atoms with Crippen LogP contribution in [0.4, 0.5) is 8.78 Å². The normalized spacial score (nSPS) is 17.0. The first-order valence-electron chi connectivity index (χ1n) is 11.0. The average Bonchev–Trinajstić information content (AvgIpc) is 2.82. The second-order valence-corrected chi connectivity index (χ2v) is 10.7. The molecule has 0 aliphatic carbocycles. The first-order chi connectivity index (χ1) is 16.6. The molecular formula is C23H25F2N5O3S2. The van der Waals surface area contributed by atoms with Crippen LogP contribution in [0.15, 0.2) is 29.2 Å². The first kappa shape index (κ1) is 25.2. The lowest BCUT2D eigenvalue weighted by Crippen LogP contribution is -2.70. The summed E-state index contributed by atoms with van der Waals surface area (Å²) < 4.78 is 28.6. The summed E-state index contributed by atoms with van der Waals surface area (Å²) in [6.45, 7) is 2.27. The quantitative estimate of drug-likeness (QED) is 0.420. The highest BCUT2D eigenvalue weighted by Gasteiger charge is 2.49. The molecule has 1 fully saturated rings. The molecule has 0 radical (unpaired) electrons. The van der Waals surface area contributed by atoms with Crippen molar-refractivity contribution in [2.24, 2.45) is 0 Å². The molecule has 1 spiro atoms. The van der Waals surface area contributed by atoms with Gasteiger partial charge in [-0.05, 0) is 42.9 Å². The molecule has 3 N–H and O–H groups in total. The van der Waals surface area contributed by atoms with Crippen molar-refractivity contribution < 1.29 is 18.7 Å². The van der Waals surface area contributed by atoms with Gasteiger partial charge >= 0.3 is 0 Å². The minimum Gasteiger partial charge on any atom is -0.502 e. The van der Waals surface area contributed by atoms with Crippen molar-refractivity contribution in [1.82, 2.24) is 9.58 Å². The summed E-state index contributed by atoms with van der Waals surface area (Å²) in [4.78, 5) is 28.0. The fourth-order valence-electron chi connectivity index (χ4n) is 4.66. The fraction of sp³-hybridized carbons (Fsp3) is 0.391. The number of benzene rings is 1. The molecule has 0 atom stereocenters. The largest absolute Gasteiger partial charge is 0.502 e. The molecule has 8 nitrogen and oxygen atoms in total. The summed E-state index contributed by atoms with van der Waals surface area (Å²) in [5.41, 5.74) is -1.75. The van der Waals surface area contributed by atoms with Crippen LogP contribution in [0.25, 0.3) is 0 Å². The molecule has 1 aromatic carbocycles. The van der Waals surface area contributed by atoms with Crippen molar-refractivity contribution in [3.8, 4) is 5.75 Å². The van der Waals surface area contributed by atoms with E-state index in [1.807, 2.05) is 11.9 Å². The van der Waals surface area contributed by atoms with E-state index in [-0.39, 0.29) is 33.3 Å². The lowest BCUT2D eigenvalue weighted by Gasteiger charge is -2.55. The highest BCUT2D eigenvalue weighted by atomic mass is 32.2. The highest BCUT2D eigenvalue weighted by Crippen LogP contribution is 2.39. The standard InChI is InChI=1S/C23H25F2N5O3S2/c1-3-29-22(33)18-20(32)19(31)15(12-30(18)28(2)23(29)6-8-34-9-7-23)21(27)35-17(26)10-13-4-5-14(24)11-16(13)25/h4-5,11-12,26-27,32H,3,6-10H2,1-2H3. The number of nitrogens with one attached hydrogen (secondary N) is 2. The van der Waals surface area contributed by atoms with E-state index < -0.39 is 34.4 Å². The molecular weight excluding hydrogens is 496 g/mol. The number of amides is 1. The van der Waals surface area contributed by atoms with Crippen molar-refractivity contribution in [3.63, 3.8) is 0 Å². The minimum atomic E-state index is -0.887. The van der Waals surface area contributed by atoms with E-state index in [9.17, 15) is 23.5 Å². The molecule has 2 aliphatic heterocycles. The molecule has 4 rings (SSSR count). The Kier molecular flexibility index (Phi) is 6.96. The SMILES string of the molecule is CCN1C(=O)c2c(O)c(=O)c(C(=N)SC(=N)Cc3ccc(F)cc3F)cn2N(C)C12CCSCC2. The van der Waals surface area contributed by atoms with Crippen molar-refractivity contribution >= 4 is 39.5 Å². The number of halogens is 2. The Hall–Kier alpha value is -2.86. The van der Waals surface area contributed by atoms with Gasteiger partial charge in [0.2, 0.25) is 5.43 Å². The Balaban J connectivity index is 1.67. The number of rotatable bonds is 4. The fourth-order valence-corrected chi connectivity index (χ4v) is 6.54. The molecule has 1 amide bonds. The van der Waals surface area contributed by atoms with Crippen LogP contribution in [-0.4, -0.2) is 61.4 Å². The highest BCUT2D eigenvalue weighted by molar-refractivity contribution is 8.26. The van der Waals surface area contributed by atoms with Gasteiger partial charge in [0.25, 0.3) is 5.91 Å². The van der Waals surface area contributed by atoms with Gasteiger partial charge in [0.05, 0.1) is 10.6 Å². The van der Waals surface area contributed by atoms with Gasteiger partial charge in [0.15, 0.2) is 11.4 Å². The van der Waals surface area contributed by atoms with E-state index in [0.717, 1.165) is 23.6 Å².